The first-order valence-corrected chi connectivity index (χ1v) is 6.46. The van der Waals surface area contributed by atoms with Crippen molar-refractivity contribution in [1.29, 1.82) is 0 Å². The van der Waals surface area contributed by atoms with E-state index < -0.39 is 12.6 Å². The van der Waals surface area contributed by atoms with Gasteiger partial charge in [-0.2, -0.15) is 13.2 Å². The Balaban J connectivity index is 2.51. The first-order chi connectivity index (χ1) is 8.69. The van der Waals surface area contributed by atoms with E-state index in [1.165, 1.54) is 12.1 Å². The van der Waals surface area contributed by atoms with Crippen LogP contribution in [0.2, 0.25) is 10.0 Å². The van der Waals surface area contributed by atoms with Gasteiger partial charge in [0.25, 0.3) is 0 Å². The number of rotatable bonds is 5. The summed E-state index contributed by atoms with van der Waals surface area (Å²) in [5.41, 5.74) is 0.562. The molecule has 19 heavy (non-hydrogen) atoms. The number of hydrogen-bond donors (Lipinski definition) is 2. The molecule has 0 heterocycles. The van der Waals surface area contributed by atoms with Gasteiger partial charge < -0.3 is 10.4 Å². The minimum absolute atomic E-state index is 0.0528. The van der Waals surface area contributed by atoms with Crippen LogP contribution in [-0.4, -0.2) is 17.3 Å². The monoisotopic (exact) mass is 315 g/mol. The second-order valence-electron chi connectivity index (χ2n) is 4.34. The number of phenolic OH excluding ortho intramolecular Hbond substituents is 1. The number of benzene rings is 1. The van der Waals surface area contributed by atoms with Crippen LogP contribution < -0.4 is 5.32 Å². The molecule has 108 valence electrons. The first kappa shape index (κ1) is 16.2. The van der Waals surface area contributed by atoms with Crippen LogP contribution in [0.4, 0.5) is 18.9 Å². The summed E-state index contributed by atoms with van der Waals surface area (Å²) in [6.45, 7) is 1.77. The fraction of sp³-hybridized carbons (Fsp3) is 0.500. The average molecular weight is 316 g/mol. The van der Waals surface area contributed by atoms with E-state index >= 15 is 0 Å². The third-order valence-electron chi connectivity index (χ3n) is 2.53. The van der Waals surface area contributed by atoms with Crippen LogP contribution >= 0.6 is 23.2 Å². The van der Waals surface area contributed by atoms with Gasteiger partial charge in [0.05, 0.1) is 10.0 Å². The molecule has 0 aliphatic carbocycles. The van der Waals surface area contributed by atoms with Crippen molar-refractivity contribution in [1.82, 2.24) is 0 Å². The van der Waals surface area contributed by atoms with Gasteiger partial charge in [-0.3, -0.25) is 0 Å². The van der Waals surface area contributed by atoms with Gasteiger partial charge in [-0.15, -0.1) is 0 Å². The smallest absolute Gasteiger partial charge is 0.389 e. The summed E-state index contributed by atoms with van der Waals surface area (Å²) in [6.07, 6.45) is -4.49. The second kappa shape index (κ2) is 6.57. The molecule has 0 saturated carbocycles. The minimum Gasteiger partial charge on any atom is -0.505 e. The summed E-state index contributed by atoms with van der Waals surface area (Å²) in [7, 11) is 0. The number of aromatic hydroxyl groups is 1. The van der Waals surface area contributed by atoms with Gasteiger partial charge in [0, 0.05) is 18.2 Å². The normalized spacial score (nSPS) is 13.4. The highest BCUT2D eigenvalue weighted by Crippen LogP contribution is 2.35. The van der Waals surface area contributed by atoms with Crippen LogP contribution in [0.5, 0.6) is 5.75 Å². The predicted molar refractivity (Wildman–Crippen MR) is 71.1 cm³/mol. The highest BCUT2D eigenvalue weighted by Gasteiger charge is 2.26. The predicted octanol–water partition coefficient (Wildman–Crippen LogP) is 5.23. The molecule has 0 radical (unpaired) electrons. The molecule has 0 aromatic heterocycles. The van der Waals surface area contributed by atoms with Crippen molar-refractivity contribution in [3.63, 3.8) is 0 Å². The van der Waals surface area contributed by atoms with Crippen LogP contribution in [0.1, 0.15) is 26.2 Å². The molecule has 0 bridgehead atoms. The SMILES string of the molecule is CC(CCCC(F)(F)F)Nc1cc(Cl)c(O)c(Cl)c1. The molecule has 0 spiro atoms. The fourth-order valence-corrected chi connectivity index (χ4v) is 2.10. The Morgan fingerprint density at radius 2 is 1.79 bits per heavy atom. The number of halogens is 5. The van der Waals surface area contributed by atoms with Crippen molar-refractivity contribution in [3.8, 4) is 5.75 Å². The molecule has 0 aliphatic rings. The zero-order chi connectivity index (χ0) is 14.6. The van der Waals surface area contributed by atoms with Gasteiger partial charge in [-0.25, -0.2) is 0 Å². The van der Waals surface area contributed by atoms with Crippen molar-refractivity contribution in [2.45, 2.75) is 38.4 Å². The maximum Gasteiger partial charge on any atom is 0.389 e. The van der Waals surface area contributed by atoms with Crippen molar-refractivity contribution < 1.29 is 18.3 Å². The van der Waals surface area contributed by atoms with Gasteiger partial charge in [-0.05, 0) is 31.9 Å². The molecule has 1 aromatic rings. The van der Waals surface area contributed by atoms with E-state index in [0.717, 1.165) is 0 Å². The van der Waals surface area contributed by atoms with E-state index in [-0.39, 0.29) is 28.3 Å². The Bertz CT molecular complexity index is 414. The minimum atomic E-state index is -4.12. The van der Waals surface area contributed by atoms with Crippen LogP contribution in [0.3, 0.4) is 0 Å². The molecule has 1 aromatic carbocycles. The lowest BCUT2D eigenvalue weighted by molar-refractivity contribution is -0.135. The Labute approximate surface area is 119 Å². The molecule has 0 amide bonds. The second-order valence-corrected chi connectivity index (χ2v) is 5.16. The lowest BCUT2D eigenvalue weighted by atomic mass is 10.1. The van der Waals surface area contributed by atoms with Crippen LogP contribution in [0.15, 0.2) is 12.1 Å². The van der Waals surface area contributed by atoms with Crippen LogP contribution in [0, 0.1) is 0 Å². The van der Waals surface area contributed by atoms with Gasteiger partial charge in [0.1, 0.15) is 0 Å². The van der Waals surface area contributed by atoms with E-state index in [9.17, 15) is 18.3 Å². The highest BCUT2D eigenvalue weighted by atomic mass is 35.5. The van der Waals surface area contributed by atoms with Gasteiger partial charge >= 0.3 is 6.18 Å². The Morgan fingerprint density at radius 1 is 1.26 bits per heavy atom. The standard InChI is InChI=1S/C12H14Cl2F3NO/c1-7(3-2-4-12(15,16)17)18-8-5-9(13)11(19)10(14)6-8/h5-7,18-19H,2-4H2,1H3. The topological polar surface area (TPSA) is 32.3 Å². The average Bonchev–Trinajstić information content (AvgIpc) is 2.23. The highest BCUT2D eigenvalue weighted by molar-refractivity contribution is 6.37. The number of hydrogen-bond acceptors (Lipinski definition) is 2. The van der Waals surface area contributed by atoms with Crippen molar-refractivity contribution in [2.24, 2.45) is 0 Å². The molecule has 0 aliphatic heterocycles. The molecular formula is C12H14Cl2F3NO. The lowest BCUT2D eigenvalue weighted by Gasteiger charge is -2.16. The molecule has 0 saturated heterocycles. The third kappa shape index (κ3) is 5.78. The van der Waals surface area contributed by atoms with E-state index in [1.54, 1.807) is 6.92 Å². The lowest BCUT2D eigenvalue weighted by Crippen LogP contribution is -2.16. The largest absolute Gasteiger partial charge is 0.505 e. The molecule has 0 fully saturated rings. The molecule has 1 atom stereocenters. The Morgan fingerprint density at radius 3 is 2.26 bits per heavy atom. The molecule has 7 heteroatoms. The maximum atomic E-state index is 12.0. The fourth-order valence-electron chi connectivity index (χ4n) is 1.61. The molecular weight excluding hydrogens is 302 g/mol. The van der Waals surface area contributed by atoms with E-state index in [1.807, 2.05) is 0 Å². The molecule has 2 N–H and O–H groups in total. The van der Waals surface area contributed by atoms with Crippen molar-refractivity contribution in [2.75, 3.05) is 5.32 Å². The number of nitrogens with one attached hydrogen (secondary N) is 1. The zero-order valence-corrected chi connectivity index (χ0v) is 11.7. The quantitative estimate of drug-likeness (QED) is 0.729. The maximum absolute atomic E-state index is 12.0. The van der Waals surface area contributed by atoms with Crippen molar-refractivity contribution in [3.05, 3.63) is 22.2 Å². The third-order valence-corrected chi connectivity index (χ3v) is 3.10. The molecule has 2 nitrogen and oxygen atoms in total. The molecule has 1 rings (SSSR count). The van der Waals surface area contributed by atoms with E-state index in [0.29, 0.717) is 12.1 Å². The van der Waals surface area contributed by atoms with Gasteiger partial charge in [-0.1, -0.05) is 23.2 Å². The summed E-state index contributed by atoms with van der Waals surface area (Å²) < 4.78 is 36.0. The van der Waals surface area contributed by atoms with Crippen LogP contribution in [0.25, 0.3) is 0 Å². The van der Waals surface area contributed by atoms with Crippen LogP contribution in [-0.2, 0) is 0 Å². The van der Waals surface area contributed by atoms with E-state index in [4.69, 9.17) is 23.2 Å². The summed E-state index contributed by atoms with van der Waals surface area (Å²) in [5.74, 6) is -0.210. The number of alkyl halides is 3. The first-order valence-electron chi connectivity index (χ1n) is 5.70. The van der Waals surface area contributed by atoms with E-state index in [2.05, 4.69) is 5.32 Å². The Hall–Kier alpha value is -0.810. The summed E-state index contributed by atoms with van der Waals surface area (Å²) in [6, 6.07) is 2.80. The summed E-state index contributed by atoms with van der Waals surface area (Å²) in [4.78, 5) is 0. The zero-order valence-electron chi connectivity index (χ0n) is 10.2. The number of phenols is 1. The number of anilines is 1. The van der Waals surface area contributed by atoms with Gasteiger partial charge in [0.2, 0.25) is 0 Å². The van der Waals surface area contributed by atoms with Gasteiger partial charge in [0.15, 0.2) is 5.75 Å². The van der Waals surface area contributed by atoms with Crippen molar-refractivity contribution >= 4 is 28.9 Å². The molecule has 1 unspecified atom stereocenters. The Kier molecular flexibility index (Phi) is 5.62. The summed E-state index contributed by atoms with van der Waals surface area (Å²) in [5, 5.41) is 12.6. The summed E-state index contributed by atoms with van der Waals surface area (Å²) >= 11 is 11.5.